The van der Waals surface area contributed by atoms with E-state index in [0.29, 0.717) is 38.0 Å². The van der Waals surface area contributed by atoms with Crippen molar-refractivity contribution in [2.45, 2.75) is 44.3 Å². The maximum Gasteiger partial charge on any atom is 0.254 e. The Balaban J connectivity index is 1.41. The van der Waals surface area contributed by atoms with Crippen molar-refractivity contribution in [2.75, 3.05) is 20.2 Å². The minimum absolute atomic E-state index is 0.120. The number of nitrogens with one attached hydrogen (secondary N) is 1. The van der Waals surface area contributed by atoms with Crippen LogP contribution in [0, 0.1) is 0 Å². The van der Waals surface area contributed by atoms with Gasteiger partial charge < -0.3 is 19.9 Å². The number of amides is 3. The monoisotopic (exact) mass is 435 g/mol. The summed E-state index contributed by atoms with van der Waals surface area (Å²) in [6, 6.07) is 15.6. The predicted molar refractivity (Wildman–Crippen MR) is 120 cm³/mol. The molecule has 168 valence electrons. The van der Waals surface area contributed by atoms with Crippen LogP contribution < -0.4 is 10.1 Å². The van der Waals surface area contributed by atoms with E-state index in [9.17, 15) is 14.4 Å². The molecule has 2 aliphatic rings. The van der Waals surface area contributed by atoms with Gasteiger partial charge in [0.15, 0.2) is 0 Å². The fraction of sp³-hybridized carbons (Fsp3) is 0.400. The molecule has 2 aromatic carbocycles. The van der Waals surface area contributed by atoms with E-state index in [1.807, 2.05) is 42.5 Å². The summed E-state index contributed by atoms with van der Waals surface area (Å²) >= 11 is 0. The van der Waals surface area contributed by atoms with Crippen LogP contribution in [0.4, 0.5) is 0 Å². The van der Waals surface area contributed by atoms with E-state index >= 15 is 0 Å². The normalized spacial score (nSPS) is 20.3. The minimum atomic E-state index is -0.505. The fourth-order valence-corrected chi connectivity index (χ4v) is 4.60. The number of carbonyl (C=O) groups is 3. The zero-order chi connectivity index (χ0) is 22.5. The molecule has 3 amide bonds. The molecule has 0 saturated carbocycles. The molecule has 2 heterocycles. The highest BCUT2D eigenvalue weighted by Crippen LogP contribution is 2.26. The first-order valence-electron chi connectivity index (χ1n) is 11.2. The summed E-state index contributed by atoms with van der Waals surface area (Å²) in [4.78, 5) is 42.6. The fourth-order valence-electron chi connectivity index (χ4n) is 4.60. The zero-order valence-corrected chi connectivity index (χ0v) is 18.3. The summed E-state index contributed by atoms with van der Waals surface area (Å²) in [5.41, 5.74) is 1.52. The van der Waals surface area contributed by atoms with E-state index in [4.69, 9.17) is 4.74 Å². The predicted octanol–water partition coefficient (Wildman–Crippen LogP) is 2.61. The summed E-state index contributed by atoms with van der Waals surface area (Å²) in [6.45, 7) is 1.47. The zero-order valence-electron chi connectivity index (χ0n) is 18.3. The molecule has 2 fully saturated rings. The van der Waals surface area contributed by atoms with E-state index in [-0.39, 0.29) is 17.7 Å². The first kappa shape index (κ1) is 21.9. The molecule has 0 unspecified atom stereocenters. The number of likely N-dealkylation sites (tertiary alicyclic amines) is 2. The second-order valence-electron chi connectivity index (χ2n) is 8.28. The number of nitrogens with zero attached hydrogens (tertiary/aromatic N) is 2. The number of methoxy groups -OCH3 is 1. The molecular formula is C25H29N3O4. The van der Waals surface area contributed by atoms with Gasteiger partial charge in [0.2, 0.25) is 11.8 Å². The Morgan fingerprint density at radius 1 is 0.938 bits per heavy atom. The molecule has 4 rings (SSSR count). The van der Waals surface area contributed by atoms with Gasteiger partial charge in [0.05, 0.1) is 7.11 Å². The van der Waals surface area contributed by atoms with Crippen LogP contribution in [0.25, 0.3) is 0 Å². The Labute approximate surface area is 188 Å². The molecule has 2 aromatic rings. The Morgan fingerprint density at radius 3 is 2.41 bits per heavy atom. The smallest absolute Gasteiger partial charge is 0.254 e. The molecule has 7 heteroatoms. The quantitative estimate of drug-likeness (QED) is 0.757. The van der Waals surface area contributed by atoms with Crippen LogP contribution in [-0.4, -0.2) is 59.8 Å². The van der Waals surface area contributed by atoms with Gasteiger partial charge in [-0.05, 0) is 55.5 Å². The van der Waals surface area contributed by atoms with E-state index in [2.05, 4.69) is 5.32 Å². The topological polar surface area (TPSA) is 79.0 Å². The molecule has 0 aliphatic carbocycles. The Kier molecular flexibility index (Phi) is 6.73. The van der Waals surface area contributed by atoms with Crippen molar-refractivity contribution in [2.24, 2.45) is 0 Å². The van der Waals surface area contributed by atoms with Crippen molar-refractivity contribution in [3.05, 3.63) is 65.7 Å². The summed E-state index contributed by atoms with van der Waals surface area (Å²) in [5, 5.41) is 2.96. The van der Waals surface area contributed by atoms with Crippen molar-refractivity contribution in [1.29, 1.82) is 0 Å². The lowest BCUT2D eigenvalue weighted by Crippen LogP contribution is -2.52. The molecule has 0 radical (unpaired) electrons. The van der Waals surface area contributed by atoms with Crippen LogP contribution in [0.1, 0.15) is 41.6 Å². The van der Waals surface area contributed by atoms with Crippen molar-refractivity contribution in [1.82, 2.24) is 15.1 Å². The van der Waals surface area contributed by atoms with E-state index in [1.165, 1.54) is 0 Å². The van der Waals surface area contributed by atoms with Crippen molar-refractivity contribution in [3.8, 4) is 5.75 Å². The highest BCUT2D eigenvalue weighted by Gasteiger charge is 2.42. The van der Waals surface area contributed by atoms with Crippen LogP contribution in [0.15, 0.2) is 54.6 Å². The summed E-state index contributed by atoms with van der Waals surface area (Å²) in [7, 11) is 1.61. The van der Waals surface area contributed by atoms with Gasteiger partial charge in [0, 0.05) is 25.2 Å². The molecule has 0 bridgehead atoms. The molecule has 2 saturated heterocycles. The third-order valence-electron chi connectivity index (χ3n) is 6.26. The number of rotatable bonds is 6. The number of benzene rings is 2. The van der Waals surface area contributed by atoms with Crippen molar-refractivity contribution < 1.29 is 19.1 Å². The average molecular weight is 436 g/mol. The second-order valence-corrected chi connectivity index (χ2v) is 8.28. The second kappa shape index (κ2) is 9.85. The van der Waals surface area contributed by atoms with Gasteiger partial charge in [-0.2, -0.15) is 0 Å². The minimum Gasteiger partial charge on any atom is -0.497 e. The SMILES string of the molecule is COc1cccc(CNC(=O)[C@H]2CCCN2C(=O)[C@H]2CCCN2C(=O)c2ccccc2)c1. The van der Waals surface area contributed by atoms with Crippen LogP contribution in [0.3, 0.4) is 0 Å². The maximum absolute atomic E-state index is 13.4. The molecule has 7 nitrogen and oxygen atoms in total. The molecule has 2 atom stereocenters. The number of carbonyl (C=O) groups excluding carboxylic acids is 3. The molecule has 0 aromatic heterocycles. The molecule has 0 spiro atoms. The lowest BCUT2D eigenvalue weighted by atomic mass is 10.1. The summed E-state index contributed by atoms with van der Waals surface area (Å²) in [5.74, 6) is 0.335. The summed E-state index contributed by atoms with van der Waals surface area (Å²) < 4.78 is 5.23. The first-order valence-corrected chi connectivity index (χ1v) is 11.2. The summed E-state index contributed by atoms with van der Waals surface area (Å²) in [6.07, 6.45) is 2.83. The Hall–Kier alpha value is -3.35. The average Bonchev–Trinajstić information content (AvgIpc) is 3.52. The van der Waals surface area contributed by atoms with Gasteiger partial charge in [-0.15, -0.1) is 0 Å². The molecular weight excluding hydrogens is 406 g/mol. The maximum atomic E-state index is 13.4. The lowest BCUT2D eigenvalue weighted by Gasteiger charge is -2.31. The van der Waals surface area contributed by atoms with Crippen LogP contribution in [-0.2, 0) is 16.1 Å². The van der Waals surface area contributed by atoms with E-state index in [0.717, 1.165) is 24.2 Å². The first-order chi connectivity index (χ1) is 15.6. The van der Waals surface area contributed by atoms with Crippen LogP contribution >= 0.6 is 0 Å². The molecule has 32 heavy (non-hydrogen) atoms. The van der Waals surface area contributed by atoms with Gasteiger partial charge in [0.25, 0.3) is 5.91 Å². The van der Waals surface area contributed by atoms with Gasteiger partial charge in [-0.3, -0.25) is 14.4 Å². The largest absolute Gasteiger partial charge is 0.497 e. The van der Waals surface area contributed by atoms with E-state index in [1.54, 1.807) is 29.0 Å². The highest BCUT2D eigenvalue weighted by atomic mass is 16.5. The van der Waals surface area contributed by atoms with E-state index < -0.39 is 12.1 Å². The van der Waals surface area contributed by atoms with Crippen LogP contribution in [0.2, 0.25) is 0 Å². The Bertz CT molecular complexity index is 978. The third kappa shape index (κ3) is 4.61. The van der Waals surface area contributed by atoms with Crippen LogP contribution in [0.5, 0.6) is 5.75 Å². The van der Waals surface area contributed by atoms with Gasteiger partial charge >= 0.3 is 0 Å². The van der Waals surface area contributed by atoms with Crippen molar-refractivity contribution in [3.63, 3.8) is 0 Å². The lowest BCUT2D eigenvalue weighted by molar-refractivity contribution is -0.141. The number of hydrogen-bond donors (Lipinski definition) is 1. The van der Waals surface area contributed by atoms with Gasteiger partial charge in [-0.25, -0.2) is 0 Å². The van der Waals surface area contributed by atoms with Gasteiger partial charge in [-0.1, -0.05) is 30.3 Å². The molecule has 1 N–H and O–H groups in total. The standard InChI is InChI=1S/C25H29N3O4/c1-32-20-11-5-8-18(16-20)17-26-23(29)21-12-6-14-27(21)25(31)22-13-7-15-28(22)24(30)19-9-3-2-4-10-19/h2-5,8-11,16,21-22H,6-7,12-15,17H2,1H3,(H,26,29)/t21-,22-/m1/s1. The van der Waals surface area contributed by atoms with Crippen molar-refractivity contribution >= 4 is 17.7 Å². The van der Waals surface area contributed by atoms with Gasteiger partial charge in [0.1, 0.15) is 17.8 Å². The highest BCUT2D eigenvalue weighted by molar-refractivity contribution is 5.99. The molecule has 2 aliphatic heterocycles. The number of ether oxygens (including phenoxy) is 1. The number of hydrogen-bond acceptors (Lipinski definition) is 4. The Morgan fingerprint density at radius 2 is 1.66 bits per heavy atom. The third-order valence-corrected chi connectivity index (χ3v) is 6.26.